The van der Waals surface area contributed by atoms with E-state index < -0.39 is 20.9 Å². The molecule has 3 aromatic carbocycles. The van der Waals surface area contributed by atoms with E-state index in [2.05, 4.69) is 10.5 Å². The predicted octanol–water partition coefficient (Wildman–Crippen LogP) is 3.14. The number of carbonyl (C=O) groups is 1. The summed E-state index contributed by atoms with van der Waals surface area (Å²) in [5.41, 5.74) is 2.60. The van der Waals surface area contributed by atoms with Crippen molar-refractivity contribution in [3.05, 3.63) is 94.0 Å². The molecule has 3 rings (SSSR count). The maximum absolute atomic E-state index is 12.4. The van der Waals surface area contributed by atoms with E-state index in [-0.39, 0.29) is 27.6 Å². The average molecular weight is 455 g/mol. The molecular formula is C21H17N3O7S. The van der Waals surface area contributed by atoms with Crippen LogP contribution in [0.15, 0.2) is 82.8 Å². The number of amides is 1. The first-order chi connectivity index (χ1) is 15.3. The molecule has 0 aliphatic carbocycles. The van der Waals surface area contributed by atoms with E-state index in [4.69, 9.17) is 8.92 Å². The number of nitro groups is 1. The first kappa shape index (κ1) is 22.4. The lowest BCUT2D eigenvalue weighted by molar-refractivity contribution is -0.384. The van der Waals surface area contributed by atoms with Gasteiger partial charge in [0, 0.05) is 17.7 Å². The van der Waals surface area contributed by atoms with Crippen LogP contribution in [0.1, 0.15) is 15.9 Å². The molecule has 32 heavy (non-hydrogen) atoms. The highest BCUT2D eigenvalue weighted by molar-refractivity contribution is 7.87. The van der Waals surface area contributed by atoms with Gasteiger partial charge in [-0.05, 0) is 42.0 Å². The fraction of sp³-hybridized carbons (Fsp3) is 0.0476. The Morgan fingerprint density at radius 3 is 2.47 bits per heavy atom. The number of rotatable bonds is 8. The number of benzene rings is 3. The van der Waals surface area contributed by atoms with Crippen molar-refractivity contribution in [3.63, 3.8) is 0 Å². The Morgan fingerprint density at radius 2 is 1.78 bits per heavy atom. The zero-order chi connectivity index (χ0) is 23.1. The van der Waals surface area contributed by atoms with Crippen LogP contribution in [0, 0.1) is 10.1 Å². The van der Waals surface area contributed by atoms with Gasteiger partial charge < -0.3 is 8.92 Å². The summed E-state index contributed by atoms with van der Waals surface area (Å²) < 4.78 is 35.2. The monoisotopic (exact) mass is 455 g/mol. The fourth-order valence-corrected chi connectivity index (χ4v) is 3.54. The van der Waals surface area contributed by atoms with Crippen LogP contribution in [0.25, 0.3) is 0 Å². The predicted molar refractivity (Wildman–Crippen MR) is 115 cm³/mol. The van der Waals surface area contributed by atoms with Gasteiger partial charge in [0.25, 0.3) is 11.6 Å². The van der Waals surface area contributed by atoms with Gasteiger partial charge in [0.05, 0.1) is 18.2 Å². The van der Waals surface area contributed by atoms with Gasteiger partial charge in [-0.15, -0.1) is 0 Å². The number of methoxy groups -OCH3 is 1. The lowest BCUT2D eigenvalue weighted by Gasteiger charge is -2.11. The number of hydrazone groups is 1. The minimum absolute atomic E-state index is 0.00319. The van der Waals surface area contributed by atoms with Crippen molar-refractivity contribution >= 4 is 27.9 Å². The normalized spacial score (nSPS) is 11.2. The number of hydrogen-bond donors (Lipinski definition) is 1. The van der Waals surface area contributed by atoms with Crippen molar-refractivity contribution in [2.45, 2.75) is 4.90 Å². The van der Waals surface area contributed by atoms with Gasteiger partial charge in [0.15, 0.2) is 11.5 Å². The maximum atomic E-state index is 12.4. The highest BCUT2D eigenvalue weighted by Gasteiger charge is 2.19. The van der Waals surface area contributed by atoms with Crippen molar-refractivity contribution in [1.82, 2.24) is 5.43 Å². The zero-order valence-electron chi connectivity index (χ0n) is 16.7. The second-order valence-electron chi connectivity index (χ2n) is 6.27. The van der Waals surface area contributed by atoms with Gasteiger partial charge >= 0.3 is 10.1 Å². The van der Waals surface area contributed by atoms with Crippen LogP contribution in [-0.4, -0.2) is 32.6 Å². The van der Waals surface area contributed by atoms with Crippen molar-refractivity contribution < 1.29 is 27.1 Å². The molecule has 0 aliphatic rings. The van der Waals surface area contributed by atoms with Gasteiger partial charge in [0.2, 0.25) is 0 Å². The molecule has 164 valence electrons. The van der Waals surface area contributed by atoms with Crippen LogP contribution in [-0.2, 0) is 10.1 Å². The molecule has 1 amide bonds. The van der Waals surface area contributed by atoms with Gasteiger partial charge in [-0.25, -0.2) is 5.43 Å². The Morgan fingerprint density at radius 1 is 1.03 bits per heavy atom. The van der Waals surface area contributed by atoms with Crippen molar-refractivity contribution in [2.75, 3.05) is 7.11 Å². The average Bonchev–Trinajstić information content (AvgIpc) is 2.80. The van der Waals surface area contributed by atoms with Crippen molar-refractivity contribution in [2.24, 2.45) is 5.10 Å². The lowest BCUT2D eigenvalue weighted by Crippen LogP contribution is -2.17. The molecule has 0 aliphatic heterocycles. The number of nitrogens with zero attached hydrogens (tertiary/aromatic N) is 2. The van der Waals surface area contributed by atoms with Crippen LogP contribution >= 0.6 is 0 Å². The molecule has 0 heterocycles. The third-order valence-electron chi connectivity index (χ3n) is 4.12. The summed E-state index contributed by atoms with van der Waals surface area (Å²) >= 11 is 0. The van der Waals surface area contributed by atoms with E-state index >= 15 is 0 Å². The molecule has 10 nitrogen and oxygen atoms in total. The Bertz CT molecular complexity index is 1280. The topological polar surface area (TPSA) is 137 Å². The van der Waals surface area contributed by atoms with Gasteiger partial charge in [-0.1, -0.05) is 24.3 Å². The first-order valence-corrected chi connectivity index (χ1v) is 10.5. The minimum Gasteiger partial charge on any atom is -0.493 e. The van der Waals surface area contributed by atoms with Crippen LogP contribution in [0.2, 0.25) is 0 Å². The van der Waals surface area contributed by atoms with Crippen molar-refractivity contribution in [3.8, 4) is 11.5 Å². The van der Waals surface area contributed by atoms with Gasteiger partial charge in [-0.2, -0.15) is 13.5 Å². The molecule has 0 fully saturated rings. The maximum Gasteiger partial charge on any atom is 0.339 e. The molecule has 0 saturated carbocycles. The van der Waals surface area contributed by atoms with Gasteiger partial charge in [-0.3, -0.25) is 14.9 Å². The summed E-state index contributed by atoms with van der Waals surface area (Å²) in [6.07, 6.45) is 1.30. The van der Waals surface area contributed by atoms with Crippen LogP contribution in [0.4, 0.5) is 5.69 Å². The third kappa shape index (κ3) is 5.46. The first-order valence-electron chi connectivity index (χ1n) is 9.05. The summed E-state index contributed by atoms with van der Waals surface area (Å²) in [6.45, 7) is 0. The van der Waals surface area contributed by atoms with Crippen LogP contribution in [0.3, 0.4) is 0 Å². The molecule has 0 spiro atoms. The molecule has 0 atom stereocenters. The van der Waals surface area contributed by atoms with Gasteiger partial charge in [0.1, 0.15) is 4.90 Å². The molecule has 0 aromatic heterocycles. The third-order valence-corrected chi connectivity index (χ3v) is 5.37. The fourth-order valence-electron chi connectivity index (χ4n) is 2.58. The Kier molecular flexibility index (Phi) is 6.80. The number of hydrogen-bond acceptors (Lipinski definition) is 8. The highest BCUT2D eigenvalue weighted by Crippen LogP contribution is 2.30. The van der Waals surface area contributed by atoms with E-state index in [1.807, 2.05) is 0 Å². The molecule has 0 saturated heterocycles. The van der Waals surface area contributed by atoms with E-state index in [1.165, 1.54) is 61.9 Å². The highest BCUT2D eigenvalue weighted by atomic mass is 32.2. The number of ether oxygens (including phenoxy) is 1. The Balaban J connectivity index is 1.72. The summed E-state index contributed by atoms with van der Waals surface area (Å²) in [5, 5.41) is 14.6. The smallest absolute Gasteiger partial charge is 0.339 e. The standard InChI is InChI=1S/C21H17N3O7S/c1-30-20-12-15(10-11-19(20)31-32(28,29)18-8-3-2-4-9-18)14-22-23-21(25)16-6-5-7-17(13-16)24(26)27/h2-14H,1H3,(H,23,25). The number of nitrogens with one attached hydrogen (secondary N) is 1. The molecule has 3 aromatic rings. The van der Waals surface area contributed by atoms with Crippen LogP contribution in [0.5, 0.6) is 11.5 Å². The number of carbonyl (C=O) groups excluding carboxylic acids is 1. The van der Waals surface area contributed by atoms with Crippen molar-refractivity contribution in [1.29, 1.82) is 0 Å². The summed E-state index contributed by atoms with van der Waals surface area (Å²) in [5.74, 6) is -0.515. The molecule has 0 unspecified atom stereocenters. The second-order valence-corrected chi connectivity index (χ2v) is 7.81. The van der Waals surface area contributed by atoms with E-state index in [1.54, 1.807) is 18.2 Å². The largest absolute Gasteiger partial charge is 0.493 e. The minimum atomic E-state index is -4.05. The summed E-state index contributed by atoms with van der Waals surface area (Å²) in [7, 11) is -2.70. The second kappa shape index (κ2) is 9.71. The molecular weight excluding hydrogens is 438 g/mol. The Labute approximate surface area is 183 Å². The molecule has 0 radical (unpaired) electrons. The van der Waals surface area contributed by atoms with E-state index in [0.29, 0.717) is 5.56 Å². The van der Waals surface area contributed by atoms with E-state index in [0.717, 1.165) is 6.07 Å². The lowest BCUT2D eigenvalue weighted by atomic mass is 10.2. The molecule has 0 bridgehead atoms. The SMILES string of the molecule is COc1cc(C=NNC(=O)c2cccc([N+](=O)[O-])c2)ccc1OS(=O)(=O)c1ccccc1. The quantitative estimate of drug-likeness (QED) is 0.238. The Hall–Kier alpha value is -4.25. The van der Waals surface area contributed by atoms with Crippen LogP contribution < -0.4 is 14.3 Å². The summed E-state index contributed by atoms with van der Waals surface area (Å²) in [6, 6.07) is 17.3. The zero-order valence-corrected chi connectivity index (χ0v) is 17.5. The number of nitro benzene ring substituents is 1. The molecule has 1 N–H and O–H groups in total. The molecule has 11 heteroatoms. The summed E-state index contributed by atoms with van der Waals surface area (Å²) in [4.78, 5) is 22.3. The number of non-ortho nitro benzene ring substituents is 1. The van der Waals surface area contributed by atoms with E-state index in [9.17, 15) is 23.3 Å².